The monoisotopic (exact) mass is 233 g/mol. The van der Waals surface area contributed by atoms with E-state index in [1.54, 1.807) is 0 Å². The molecule has 4 nitrogen and oxygen atoms in total. The van der Waals surface area contributed by atoms with Crippen LogP contribution in [0.4, 0.5) is 5.82 Å². The van der Waals surface area contributed by atoms with Crippen molar-refractivity contribution in [2.45, 2.75) is 25.8 Å². The molecule has 4 heteroatoms. The van der Waals surface area contributed by atoms with Crippen LogP contribution in [0.15, 0.2) is 18.3 Å². The minimum Gasteiger partial charge on any atom is -0.360 e. The predicted molar refractivity (Wildman–Crippen MR) is 67.9 cm³/mol. The van der Waals surface area contributed by atoms with E-state index in [-0.39, 0.29) is 6.04 Å². The smallest absolute Gasteiger partial charge is 0.210 e. The molecule has 0 bridgehead atoms. The summed E-state index contributed by atoms with van der Waals surface area (Å²) in [5, 5.41) is 0. The zero-order chi connectivity index (χ0) is 12.3. The molecule has 0 spiro atoms. The van der Waals surface area contributed by atoms with Crippen LogP contribution in [0, 0.1) is 0 Å². The fourth-order valence-electron chi connectivity index (χ4n) is 2.39. The summed E-state index contributed by atoms with van der Waals surface area (Å²) in [7, 11) is 2.03. The van der Waals surface area contributed by atoms with Gasteiger partial charge in [0.15, 0.2) is 0 Å². The minimum absolute atomic E-state index is 0.199. The van der Waals surface area contributed by atoms with Crippen LogP contribution in [0.3, 0.4) is 0 Å². The second-order valence-corrected chi connectivity index (χ2v) is 4.43. The third kappa shape index (κ3) is 2.25. The summed E-state index contributed by atoms with van der Waals surface area (Å²) >= 11 is 0. The quantitative estimate of drug-likeness (QED) is 0.744. The average molecular weight is 233 g/mol. The maximum atomic E-state index is 11.0. The Kier molecular flexibility index (Phi) is 3.61. The van der Waals surface area contributed by atoms with Gasteiger partial charge >= 0.3 is 0 Å². The number of carbonyl (C=O) groups is 1. The largest absolute Gasteiger partial charge is 0.360 e. The summed E-state index contributed by atoms with van der Waals surface area (Å²) in [6.45, 7) is 3.88. The Morgan fingerprint density at radius 3 is 3.18 bits per heavy atom. The molecule has 1 saturated heterocycles. The number of nitrogens with zero attached hydrogens (tertiary/aromatic N) is 3. The minimum atomic E-state index is 0.199. The van der Waals surface area contributed by atoms with Gasteiger partial charge in [-0.1, -0.05) is 6.07 Å². The maximum absolute atomic E-state index is 11.0. The molecule has 0 radical (unpaired) electrons. The van der Waals surface area contributed by atoms with Crippen molar-refractivity contribution in [3.63, 3.8) is 0 Å². The van der Waals surface area contributed by atoms with Gasteiger partial charge in [0.25, 0.3) is 0 Å². The van der Waals surface area contributed by atoms with Gasteiger partial charge in [-0.25, -0.2) is 4.98 Å². The van der Waals surface area contributed by atoms with Gasteiger partial charge in [0, 0.05) is 31.9 Å². The van der Waals surface area contributed by atoms with E-state index in [0.717, 1.165) is 38.2 Å². The molecule has 0 unspecified atom stereocenters. The van der Waals surface area contributed by atoms with Crippen molar-refractivity contribution in [3.05, 3.63) is 23.9 Å². The molecule has 1 atom stereocenters. The van der Waals surface area contributed by atoms with Gasteiger partial charge < -0.3 is 9.80 Å². The molecule has 0 aliphatic carbocycles. The second kappa shape index (κ2) is 5.17. The molecular weight excluding hydrogens is 214 g/mol. The molecule has 0 aromatic carbocycles. The van der Waals surface area contributed by atoms with Gasteiger partial charge in [-0.3, -0.25) is 4.79 Å². The summed E-state index contributed by atoms with van der Waals surface area (Å²) < 4.78 is 0. The highest BCUT2D eigenvalue weighted by atomic mass is 16.1. The molecule has 17 heavy (non-hydrogen) atoms. The average Bonchev–Trinajstić information content (AvgIpc) is 2.86. The first-order chi connectivity index (χ1) is 8.27. The molecule has 2 heterocycles. The van der Waals surface area contributed by atoms with Crippen LogP contribution in [0.5, 0.6) is 0 Å². The zero-order valence-corrected chi connectivity index (χ0v) is 10.5. The van der Waals surface area contributed by atoms with Gasteiger partial charge in [0.1, 0.15) is 5.82 Å². The molecule has 0 saturated carbocycles. The number of rotatable bonds is 4. The molecular formula is C13H19N3O. The molecule has 1 amide bonds. The molecule has 1 aromatic rings. The Morgan fingerprint density at radius 1 is 1.65 bits per heavy atom. The molecule has 2 rings (SSSR count). The molecule has 1 aliphatic heterocycles. The lowest BCUT2D eigenvalue weighted by Crippen LogP contribution is -2.25. The van der Waals surface area contributed by atoms with E-state index in [2.05, 4.69) is 22.9 Å². The third-order valence-corrected chi connectivity index (χ3v) is 3.44. The predicted octanol–water partition coefficient (Wildman–Crippen LogP) is 1.83. The van der Waals surface area contributed by atoms with Crippen molar-refractivity contribution >= 4 is 12.2 Å². The van der Waals surface area contributed by atoms with Crippen LogP contribution in [-0.4, -0.2) is 36.4 Å². The maximum Gasteiger partial charge on any atom is 0.210 e. The Labute approximate surface area is 102 Å². The van der Waals surface area contributed by atoms with Crippen molar-refractivity contribution in [2.24, 2.45) is 0 Å². The fourth-order valence-corrected chi connectivity index (χ4v) is 2.39. The van der Waals surface area contributed by atoms with E-state index in [0.29, 0.717) is 0 Å². The van der Waals surface area contributed by atoms with E-state index in [4.69, 9.17) is 0 Å². The van der Waals surface area contributed by atoms with Crippen LogP contribution < -0.4 is 4.90 Å². The van der Waals surface area contributed by atoms with E-state index in [1.807, 2.05) is 24.2 Å². The lowest BCUT2D eigenvalue weighted by molar-refractivity contribution is -0.118. The van der Waals surface area contributed by atoms with Crippen LogP contribution in [0.2, 0.25) is 0 Å². The molecule has 1 aromatic heterocycles. The van der Waals surface area contributed by atoms with E-state index < -0.39 is 0 Å². The number of carbonyl (C=O) groups excluding carboxylic acids is 1. The zero-order valence-electron chi connectivity index (χ0n) is 10.5. The van der Waals surface area contributed by atoms with Crippen LogP contribution >= 0.6 is 0 Å². The Balaban J connectivity index is 2.34. The SMILES string of the molecule is CCN(C)c1ncccc1[C@H]1CCCN1C=O. The van der Waals surface area contributed by atoms with Crippen molar-refractivity contribution in [3.8, 4) is 0 Å². The van der Waals surface area contributed by atoms with Crippen LogP contribution in [0.1, 0.15) is 31.4 Å². The second-order valence-electron chi connectivity index (χ2n) is 4.43. The molecule has 0 N–H and O–H groups in total. The topological polar surface area (TPSA) is 36.4 Å². The number of amides is 1. The van der Waals surface area contributed by atoms with Crippen molar-refractivity contribution in [1.29, 1.82) is 0 Å². The van der Waals surface area contributed by atoms with Gasteiger partial charge in [-0.15, -0.1) is 0 Å². The van der Waals surface area contributed by atoms with Gasteiger partial charge in [0.2, 0.25) is 6.41 Å². The summed E-state index contributed by atoms with van der Waals surface area (Å²) in [5.74, 6) is 0.994. The third-order valence-electron chi connectivity index (χ3n) is 3.44. The van der Waals surface area contributed by atoms with Crippen molar-refractivity contribution < 1.29 is 4.79 Å². The standard InChI is InChI=1S/C13H19N3O/c1-3-15(2)13-11(6-4-8-14-13)12-7-5-9-16(12)10-17/h4,6,8,10,12H,3,5,7,9H2,1-2H3/t12-/m1/s1. The Morgan fingerprint density at radius 2 is 2.47 bits per heavy atom. The lowest BCUT2D eigenvalue weighted by atomic mass is 10.1. The Bertz CT molecular complexity index is 394. The van der Waals surface area contributed by atoms with Crippen molar-refractivity contribution in [2.75, 3.05) is 25.0 Å². The van der Waals surface area contributed by atoms with E-state index in [1.165, 1.54) is 5.56 Å². The summed E-state index contributed by atoms with van der Waals surface area (Å²) in [6, 6.07) is 4.23. The summed E-state index contributed by atoms with van der Waals surface area (Å²) in [6.07, 6.45) is 4.88. The highest BCUT2D eigenvalue weighted by molar-refractivity contribution is 5.54. The number of hydrogen-bond acceptors (Lipinski definition) is 3. The fraction of sp³-hybridized carbons (Fsp3) is 0.538. The van der Waals surface area contributed by atoms with E-state index in [9.17, 15) is 4.79 Å². The first-order valence-electron chi connectivity index (χ1n) is 6.15. The lowest BCUT2D eigenvalue weighted by Gasteiger charge is -2.26. The summed E-state index contributed by atoms with van der Waals surface area (Å²) in [5.41, 5.74) is 1.17. The number of aromatic nitrogens is 1. The van der Waals surface area contributed by atoms with Gasteiger partial charge in [0.05, 0.1) is 6.04 Å². The number of likely N-dealkylation sites (tertiary alicyclic amines) is 1. The van der Waals surface area contributed by atoms with Crippen LogP contribution in [-0.2, 0) is 4.79 Å². The van der Waals surface area contributed by atoms with Gasteiger partial charge in [-0.05, 0) is 25.8 Å². The Hall–Kier alpha value is -1.58. The van der Waals surface area contributed by atoms with E-state index >= 15 is 0 Å². The number of pyridine rings is 1. The highest BCUT2D eigenvalue weighted by Crippen LogP contribution is 2.34. The normalized spacial score (nSPS) is 19.4. The van der Waals surface area contributed by atoms with Gasteiger partial charge in [-0.2, -0.15) is 0 Å². The molecule has 92 valence electrons. The number of hydrogen-bond donors (Lipinski definition) is 0. The van der Waals surface area contributed by atoms with Crippen LogP contribution in [0.25, 0.3) is 0 Å². The van der Waals surface area contributed by atoms with Crippen molar-refractivity contribution in [1.82, 2.24) is 9.88 Å². The molecule has 1 aliphatic rings. The number of anilines is 1. The highest BCUT2D eigenvalue weighted by Gasteiger charge is 2.27. The first kappa shape index (κ1) is 11.9. The summed E-state index contributed by atoms with van der Waals surface area (Å²) in [4.78, 5) is 19.5. The first-order valence-corrected chi connectivity index (χ1v) is 6.15. The molecule has 1 fully saturated rings.